The quantitative estimate of drug-likeness (QED) is 0.139. The van der Waals surface area contributed by atoms with E-state index in [1.807, 2.05) is 48.5 Å². The van der Waals surface area contributed by atoms with Crippen LogP contribution in [-0.2, 0) is 0 Å². The summed E-state index contributed by atoms with van der Waals surface area (Å²) in [6.07, 6.45) is 13.4. The molecule has 2 saturated heterocycles. The number of hydrogen-bond acceptors (Lipinski definition) is 4. The topological polar surface area (TPSA) is 52.6 Å². The van der Waals surface area contributed by atoms with Crippen LogP contribution in [-0.4, -0.2) is 87.1 Å². The molecule has 0 bridgehead atoms. The zero-order chi connectivity index (χ0) is 32.8. The molecule has 2 aromatic rings. The highest BCUT2D eigenvalue weighted by Crippen LogP contribution is 2.29. The molecule has 8 heteroatoms. The Labute approximate surface area is 325 Å². The lowest BCUT2D eigenvalue weighted by Crippen LogP contribution is -3.00. The summed E-state index contributed by atoms with van der Waals surface area (Å²) >= 11 is 0. The first-order valence-corrected chi connectivity index (χ1v) is 18.5. The number of hydrogen-bond donors (Lipinski definition) is 0. The van der Waals surface area contributed by atoms with E-state index in [-0.39, 0.29) is 71.4 Å². The molecule has 0 N–H and O–H groups in total. The molecule has 0 saturated carbocycles. The number of ether oxygens (including phenoxy) is 2. The van der Waals surface area contributed by atoms with Crippen LogP contribution < -0.4 is 57.4 Å². The van der Waals surface area contributed by atoms with Crippen molar-refractivity contribution in [1.29, 1.82) is 0 Å². The summed E-state index contributed by atoms with van der Waals surface area (Å²) in [5, 5.41) is 0. The van der Waals surface area contributed by atoms with Crippen molar-refractivity contribution in [3.63, 3.8) is 0 Å². The summed E-state index contributed by atoms with van der Waals surface area (Å²) in [5.41, 5.74) is 1.51. The van der Waals surface area contributed by atoms with E-state index >= 15 is 0 Å². The number of rotatable bonds is 17. The Morgan fingerprint density at radius 1 is 0.562 bits per heavy atom. The number of Topliss-reactive ketones (excluding diaryl/α,β-unsaturated/α-hetero) is 2. The van der Waals surface area contributed by atoms with E-state index < -0.39 is 0 Å². The molecule has 4 rings (SSSR count). The second-order valence-corrected chi connectivity index (χ2v) is 14.8. The summed E-state index contributed by atoms with van der Waals surface area (Å²) in [5.74, 6) is 1.80. The third-order valence-electron chi connectivity index (χ3n) is 10.4. The number of carbonyl (C=O) groups excluding carboxylic acids is 2. The maximum atomic E-state index is 14.3. The molecule has 0 aromatic heterocycles. The van der Waals surface area contributed by atoms with Gasteiger partial charge in [-0.1, -0.05) is 13.8 Å². The van der Waals surface area contributed by atoms with Crippen LogP contribution in [0.25, 0.3) is 0 Å². The molecule has 2 atom stereocenters. The lowest BCUT2D eigenvalue weighted by Gasteiger charge is -2.38. The van der Waals surface area contributed by atoms with Gasteiger partial charge in [0.2, 0.25) is 0 Å². The second-order valence-electron chi connectivity index (χ2n) is 14.8. The Balaban J connectivity index is 0.00000400. The third kappa shape index (κ3) is 13.5. The lowest BCUT2D eigenvalue weighted by molar-refractivity contribution is -0.911. The average molecular weight is 889 g/mol. The molecule has 2 heterocycles. The highest BCUT2D eigenvalue weighted by molar-refractivity contribution is 5.99. The number of halogens is 2. The number of nitrogens with zero attached hydrogens (tertiary/aromatic N) is 2. The second kappa shape index (κ2) is 21.9. The Morgan fingerprint density at radius 3 is 1.17 bits per heavy atom. The standard InChI is InChI=1S/C40H62N2O4.2HI/c1-5-29-45-37-21-17-33(18-22-37)39(43)35(31-41(3)25-11-7-8-12-26-41)15-16-36(32-42(4)27-13-9-10-14-28-42)40(44)34-19-23-38(24-20-34)46-30-6-2;;/h17-24,35-36H,5-16,25-32H2,1-4H3;2*1H/q+2;;/p-2. The number of ketones is 2. The van der Waals surface area contributed by atoms with E-state index in [1.54, 1.807) is 0 Å². The SMILES string of the molecule is CCCOc1ccc(C(=O)C(CCC(C[N+]2(C)CCCCCC2)C(=O)c2ccc(OCCC)cc2)C[N+]2(C)CCCCCC2)cc1.[I-].[I-]. The van der Waals surface area contributed by atoms with Gasteiger partial charge in [-0.3, -0.25) is 9.59 Å². The van der Waals surface area contributed by atoms with Gasteiger partial charge in [-0.25, -0.2) is 0 Å². The highest BCUT2D eigenvalue weighted by atomic mass is 127. The van der Waals surface area contributed by atoms with Crippen molar-refractivity contribution >= 4 is 11.6 Å². The van der Waals surface area contributed by atoms with Gasteiger partial charge in [-0.2, -0.15) is 0 Å². The molecule has 0 spiro atoms. The number of benzene rings is 2. The zero-order valence-electron chi connectivity index (χ0n) is 30.2. The fourth-order valence-electron chi connectivity index (χ4n) is 7.69. The van der Waals surface area contributed by atoms with Gasteiger partial charge in [0.05, 0.1) is 78.4 Å². The van der Waals surface area contributed by atoms with Gasteiger partial charge in [-0.05, 0) is 126 Å². The first kappa shape index (κ1) is 42.9. The smallest absolute Gasteiger partial charge is 0.171 e. The summed E-state index contributed by atoms with van der Waals surface area (Å²) in [4.78, 5) is 28.6. The Bertz CT molecular complexity index is 1110. The van der Waals surface area contributed by atoms with Crippen molar-refractivity contribution in [1.82, 2.24) is 0 Å². The molecule has 48 heavy (non-hydrogen) atoms. The minimum Gasteiger partial charge on any atom is -1.00 e. The third-order valence-corrected chi connectivity index (χ3v) is 10.4. The van der Waals surface area contributed by atoms with E-state index in [0.29, 0.717) is 13.2 Å². The van der Waals surface area contributed by atoms with E-state index in [0.717, 1.165) is 96.5 Å². The molecule has 6 nitrogen and oxygen atoms in total. The molecule has 2 fully saturated rings. The number of likely N-dealkylation sites (tertiary alicyclic amines) is 2. The van der Waals surface area contributed by atoms with Gasteiger partial charge in [0.25, 0.3) is 0 Å². The minimum absolute atomic E-state index is 0. The van der Waals surface area contributed by atoms with Gasteiger partial charge < -0.3 is 66.4 Å². The van der Waals surface area contributed by atoms with Crippen molar-refractivity contribution < 1.29 is 76.0 Å². The molecule has 2 unspecified atom stereocenters. The molecule has 2 aliphatic rings. The van der Waals surface area contributed by atoms with E-state index in [2.05, 4.69) is 27.9 Å². The zero-order valence-corrected chi connectivity index (χ0v) is 34.5. The molecule has 0 radical (unpaired) electrons. The fourth-order valence-corrected chi connectivity index (χ4v) is 7.69. The normalized spacial score (nSPS) is 18.5. The van der Waals surface area contributed by atoms with Gasteiger partial charge in [0, 0.05) is 11.1 Å². The van der Waals surface area contributed by atoms with Gasteiger partial charge in [0.1, 0.15) is 11.5 Å². The van der Waals surface area contributed by atoms with Crippen LogP contribution in [0.2, 0.25) is 0 Å². The minimum atomic E-state index is -0.125. The van der Waals surface area contributed by atoms with Crippen LogP contribution >= 0.6 is 0 Å². The van der Waals surface area contributed by atoms with Crippen molar-refractivity contribution in [3.05, 3.63) is 59.7 Å². The maximum absolute atomic E-state index is 14.3. The average Bonchev–Trinajstić information content (AvgIpc) is 3.43. The monoisotopic (exact) mass is 888 g/mol. The first-order valence-electron chi connectivity index (χ1n) is 18.5. The van der Waals surface area contributed by atoms with Crippen molar-refractivity contribution in [2.45, 2.75) is 90.9 Å². The predicted octanol–water partition coefficient (Wildman–Crippen LogP) is 2.39. The molecule has 270 valence electrons. The lowest BCUT2D eigenvalue weighted by atomic mass is 9.85. The largest absolute Gasteiger partial charge is 1.00 e. The number of quaternary nitrogens is 2. The van der Waals surface area contributed by atoms with Gasteiger partial charge in [0.15, 0.2) is 11.6 Å². The van der Waals surface area contributed by atoms with Crippen LogP contribution in [0.15, 0.2) is 48.5 Å². The van der Waals surface area contributed by atoms with Gasteiger partial charge in [-0.15, -0.1) is 0 Å². The van der Waals surface area contributed by atoms with E-state index in [9.17, 15) is 9.59 Å². The van der Waals surface area contributed by atoms with Crippen LogP contribution in [0.4, 0.5) is 0 Å². The van der Waals surface area contributed by atoms with Crippen LogP contribution in [0, 0.1) is 11.8 Å². The maximum Gasteiger partial charge on any atom is 0.171 e. The molecule has 2 aliphatic heterocycles. The molecule has 0 aliphatic carbocycles. The van der Waals surface area contributed by atoms with Crippen LogP contribution in [0.1, 0.15) is 112 Å². The van der Waals surface area contributed by atoms with E-state index in [4.69, 9.17) is 9.47 Å². The summed E-state index contributed by atoms with van der Waals surface area (Å²) in [6, 6.07) is 15.5. The molecular weight excluding hydrogens is 826 g/mol. The first-order chi connectivity index (χ1) is 22.2. The van der Waals surface area contributed by atoms with Crippen molar-refractivity contribution in [2.24, 2.45) is 11.8 Å². The molecule has 2 aromatic carbocycles. The summed E-state index contributed by atoms with van der Waals surface area (Å²) < 4.78 is 13.5. The predicted molar refractivity (Wildman–Crippen MR) is 188 cm³/mol. The molecule has 0 amide bonds. The summed E-state index contributed by atoms with van der Waals surface area (Å²) in [6.45, 7) is 11.7. The van der Waals surface area contributed by atoms with Gasteiger partial charge >= 0.3 is 0 Å². The Kier molecular flexibility index (Phi) is 19.5. The fraction of sp³-hybridized carbons (Fsp3) is 0.650. The van der Waals surface area contributed by atoms with Crippen molar-refractivity contribution in [3.8, 4) is 11.5 Å². The highest BCUT2D eigenvalue weighted by Gasteiger charge is 2.36. The van der Waals surface area contributed by atoms with Crippen LogP contribution in [0.3, 0.4) is 0 Å². The Morgan fingerprint density at radius 2 is 0.875 bits per heavy atom. The number of carbonyl (C=O) groups is 2. The Hall–Kier alpha value is -1.24. The van der Waals surface area contributed by atoms with Crippen molar-refractivity contribution in [2.75, 3.05) is 66.6 Å². The summed E-state index contributed by atoms with van der Waals surface area (Å²) in [7, 11) is 4.70. The molecular formula is C40H62I2N2O4. The van der Waals surface area contributed by atoms with Crippen LogP contribution in [0.5, 0.6) is 11.5 Å². The van der Waals surface area contributed by atoms with E-state index in [1.165, 1.54) is 51.4 Å².